The molecule has 3 rings (SSSR count). The zero-order valence-corrected chi connectivity index (χ0v) is 9.70. The minimum atomic E-state index is -0.442. The van der Waals surface area contributed by atoms with Crippen LogP contribution in [0.25, 0.3) is 11.2 Å². The maximum Gasteiger partial charge on any atom is 0.276 e. The lowest BCUT2D eigenvalue weighted by Crippen LogP contribution is -2.10. The number of hydrogen-bond donors (Lipinski definition) is 3. The molecule has 0 unspecified atom stereocenters. The summed E-state index contributed by atoms with van der Waals surface area (Å²) < 4.78 is 0. The van der Waals surface area contributed by atoms with Crippen molar-refractivity contribution >= 4 is 17.1 Å². The molecule has 0 saturated heterocycles. The van der Waals surface area contributed by atoms with Crippen LogP contribution in [0.3, 0.4) is 0 Å². The van der Waals surface area contributed by atoms with Crippen LogP contribution in [-0.2, 0) is 0 Å². The van der Waals surface area contributed by atoms with Gasteiger partial charge in [0.1, 0.15) is 0 Å². The van der Waals surface area contributed by atoms with E-state index in [1.165, 1.54) is 18.9 Å². The number of rotatable bonds is 1. The number of carbonyl (C=O) groups is 1. The van der Waals surface area contributed by atoms with E-state index in [4.69, 9.17) is 5.73 Å². The van der Waals surface area contributed by atoms with Gasteiger partial charge < -0.3 is 15.7 Å². The minimum Gasteiger partial charge on any atom is -0.366 e. The highest BCUT2D eigenvalue weighted by atomic mass is 16.1. The van der Waals surface area contributed by atoms with Gasteiger partial charge in [0, 0.05) is 12.4 Å². The number of primary amides is 1. The van der Waals surface area contributed by atoms with E-state index >= 15 is 0 Å². The van der Waals surface area contributed by atoms with Gasteiger partial charge in [-0.25, -0.2) is 9.97 Å². The van der Waals surface area contributed by atoms with Gasteiger partial charge in [-0.15, -0.1) is 0 Å². The highest BCUT2D eigenvalue weighted by Gasteiger charge is 1.97. The van der Waals surface area contributed by atoms with Gasteiger partial charge in [0.15, 0.2) is 11.2 Å². The molecule has 96 valence electrons. The van der Waals surface area contributed by atoms with Crippen LogP contribution in [0.5, 0.6) is 0 Å². The molecule has 19 heavy (non-hydrogen) atoms. The standard InChI is InChI=1S/C6H6N2O.C5H4N4O/c7-6(9)5-2-1-3-8-4-5;10-5-3-4(7-1-6-3)8-2-9-5/h1-4H,(H2,7,9);1-2H,(H2,6,7,8,9,10). The van der Waals surface area contributed by atoms with Gasteiger partial charge >= 0.3 is 0 Å². The Labute approximate surface area is 106 Å². The number of aromatic nitrogens is 5. The largest absolute Gasteiger partial charge is 0.366 e. The number of fused-ring (bicyclic) bond motifs is 1. The van der Waals surface area contributed by atoms with Crippen molar-refractivity contribution in [1.82, 2.24) is 24.9 Å². The topological polar surface area (TPSA) is 130 Å². The number of nitrogens with zero attached hydrogens (tertiary/aromatic N) is 3. The Morgan fingerprint density at radius 1 is 1.21 bits per heavy atom. The molecule has 3 aromatic rings. The first kappa shape index (κ1) is 12.4. The summed E-state index contributed by atoms with van der Waals surface area (Å²) in [5.74, 6) is -0.442. The van der Waals surface area contributed by atoms with Gasteiger partial charge in [0.25, 0.3) is 5.56 Å². The van der Waals surface area contributed by atoms with E-state index in [-0.39, 0.29) is 5.56 Å². The molecule has 8 nitrogen and oxygen atoms in total. The van der Waals surface area contributed by atoms with Crippen LogP contribution in [0.2, 0.25) is 0 Å². The normalized spacial score (nSPS) is 9.68. The second kappa shape index (κ2) is 5.54. The number of H-pyrrole nitrogens is 2. The third-order valence-electron chi connectivity index (χ3n) is 2.17. The molecular formula is C11H10N6O2. The lowest BCUT2D eigenvalue weighted by molar-refractivity contribution is 0.1000. The molecule has 0 aliphatic carbocycles. The number of imidazole rings is 1. The molecular weight excluding hydrogens is 248 g/mol. The number of nitrogens with two attached hydrogens (primary N) is 1. The van der Waals surface area contributed by atoms with E-state index in [9.17, 15) is 9.59 Å². The quantitative estimate of drug-likeness (QED) is 0.557. The smallest absolute Gasteiger partial charge is 0.276 e. The molecule has 0 atom stereocenters. The first-order valence-electron chi connectivity index (χ1n) is 5.25. The van der Waals surface area contributed by atoms with Gasteiger partial charge in [0.05, 0.1) is 18.2 Å². The third-order valence-corrected chi connectivity index (χ3v) is 2.17. The molecule has 8 heteroatoms. The SMILES string of the molecule is NC(=O)c1cccnc1.O=c1[nH]cnc2nc[nH]c12. The van der Waals surface area contributed by atoms with Crippen LogP contribution in [0.15, 0.2) is 42.0 Å². The summed E-state index contributed by atoms with van der Waals surface area (Å²) in [4.78, 5) is 37.7. The predicted octanol–water partition coefficient (Wildman–Crippen LogP) is -0.173. The summed E-state index contributed by atoms with van der Waals surface area (Å²) >= 11 is 0. The van der Waals surface area contributed by atoms with Gasteiger partial charge in [-0.1, -0.05) is 0 Å². The third kappa shape index (κ3) is 3.00. The number of nitrogens with one attached hydrogen (secondary N) is 2. The number of aromatic amines is 2. The molecule has 3 aromatic heterocycles. The Morgan fingerprint density at radius 2 is 1.95 bits per heavy atom. The van der Waals surface area contributed by atoms with Crippen molar-refractivity contribution in [3.05, 3.63) is 53.1 Å². The van der Waals surface area contributed by atoms with E-state index < -0.39 is 5.91 Å². The summed E-state index contributed by atoms with van der Waals surface area (Å²) in [6.45, 7) is 0. The van der Waals surface area contributed by atoms with E-state index in [0.717, 1.165) is 0 Å². The molecule has 0 aliphatic rings. The molecule has 4 N–H and O–H groups in total. The van der Waals surface area contributed by atoms with Crippen LogP contribution >= 0.6 is 0 Å². The Bertz CT molecular complexity index is 733. The minimum absolute atomic E-state index is 0.192. The van der Waals surface area contributed by atoms with Crippen molar-refractivity contribution in [3.8, 4) is 0 Å². The highest BCUT2D eigenvalue weighted by Crippen LogP contribution is 1.94. The van der Waals surface area contributed by atoms with E-state index in [1.807, 2.05) is 0 Å². The summed E-state index contributed by atoms with van der Waals surface area (Å²) in [5, 5.41) is 0. The van der Waals surface area contributed by atoms with Crippen LogP contribution in [0.1, 0.15) is 10.4 Å². The van der Waals surface area contributed by atoms with Crippen molar-refractivity contribution in [2.24, 2.45) is 5.73 Å². The van der Waals surface area contributed by atoms with Crippen molar-refractivity contribution in [3.63, 3.8) is 0 Å². The van der Waals surface area contributed by atoms with E-state index in [1.54, 1.807) is 18.3 Å². The summed E-state index contributed by atoms with van der Waals surface area (Å²) in [6, 6.07) is 3.29. The molecule has 1 amide bonds. The zero-order valence-electron chi connectivity index (χ0n) is 9.70. The van der Waals surface area contributed by atoms with Gasteiger partial charge in [-0.05, 0) is 12.1 Å². The van der Waals surface area contributed by atoms with Crippen molar-refractivity contribution in [2.75, 3.05) is 0 Å². The second-order valence-corrected chi connectivity index (χ2v) is 3.44. The number of carbonyl (C=O) groups excluding carboxylic acids is 1. The van der Waals surface area contributed by atoms with Crippen LogP contribution in [-0.4, -0.2) is 30.8 Å². The van der Waals surface area contributed by atoms with Crippen LogP contribution in [0, 0.1) is 0 Å². The van der Waals surface area contributed by atoms with Crippen molar-refractivity contribution < 1.29 is 4.79 Å². The molecule has 0 aromatic carbocycles. The molecule has 0 bridgehead atoms. The Morgan fingerprint density at radius 3 is 2.47 bits per heavy atom. The summed E-state index contributed by atoms with van der Waals surface area (Å²) in [5.41, 5.74) is 6.05. The highest BCUT2D eigenvalue weighted by molar-refractivity contribution is 5.92. The van der Waals surface area contributed by atoms with Crippen molar-refractivity contribution in [2.45, 2.75) is 0 Å². The fourth-order valence-corrected chi connectivity index (χ4v) is 1.28. The molecule has 0 aliphatic heterocycles. The number of amides is 1. The van der Waals surface area contributed by atoms with Crippen LogP contribution < -0.4 is 11.3 Å². The molecule has 0 fully saturated rings. The predicted molar refractivity (Wildman–Crippen MR) is 67.3 cm³/mol. The molecule has 0 saturated carbocycles. The van der Waals surface area contributed by atoms with Gasteiger partial charge in [-0.2, -0.15) is 0 Å². The molecule has 0 radical (unpaired) electrons. The average Bonchev–Trinajstić information content (AvgIpc) is 2.90. The monoisotopic (exact) mass is 258 g/mol. The first-order valence-corrected chi connectivity index (χ1v) is 5.25. The fraction of sp³-hybridized carbons (Fsp3) is 0. The number of pyridine rings is 1. The van der Waals surface area contributed by atoms with E-state index in [2.05, 4.69) is 24.9 Å². The van der Waals surface area contributed by atoms with Crippen LogP contribution in [0.4, 0.5) is 0 Å². The zero-order chi connectivity index (χ0) is 13.7. The molecule has 0 spiro atoms. The Hall–Kier alpha value is -3.03. The Balaban J connectivity index is 0.000000141. The van der Waals surface area contributed by atoms with Gasteiger partial charge in [-0.3, -0.25) is 14.6 Å². The lowest BCUT2D eigenvalue weighted by Gasteiger charge is -1.88. The average molecular weight is 258 g/mol. The Kier molecular flexibility index (Phi) is 3.62. The summed E-state index contributed by atoms with van der Waals surface area (Å²) in [7, 11) is 0. The first-order chi connectivity index (χ1) is 9.18. The fourth-order valence-electron chi connectivity index (χ4n) is 1.28. The number of hydrogen-bond acceptors (Lipinski definition) is 5. The maximum absolute atomic E-state index is 10.9. The van der Waals surface area contributed by atoms with Crippen molar-refractivity contribution in [1.29, 1.82) is 0 Å². The van der Waals surface area contributed by atoms with E-state index in [0.29, 0.717) is 16.7 Å². The second-order valence-electron chi connectivity index (χ2n) is 3.44. The maximum atomic E-state index is 10.9. The lowest BCUT2D eigenvalue weighted by atomic mass is 10.3. The van der Waals surface area contributed by atoms with Gasteiger partial charge in [0.2, 0.25) is 5.91 Å². The molecule has 3 heterocycles. The summed E-state index contributed by atoms with van der Waals surface area (Å²) in [6.07, 6.45) is 5.78.